The Hall–Kier alpha value is -2.57. The van der Waals surface area contributed by atoms with E-state index in [1.165, 1.54) is 11.3 Å². The second-order valence-electron chi connectivity index (χ2n) is 7.95. The highest BCUT2D eigenvalue weighted by molar-refractivity contribution is 5.75. The average Bonchev–Trinajstić information content (AvgIpc) is 3.12. The van der Waals surface area contributed by atoms with Crippen LogP contribution in [0.5, 0.6) is 11.5 Å². The number of unbranched alkanes of at least 4 members (excludes halogenated alkanes) is 1. The number of methoxy groups -OCH3 is 1. The van der Waals surface area contributed by atoms with Crippen LogP contribution in [0.3, 0.4) is 0 Å². The number of para-hydroxylation sites is 4. The minimum Gasteiger partial charge on any atom is -0.493 e. The number of likely N-dealkylation sites (N-methyl/N-ethyl adjacent to an activating group) is 1. The van der Waals surface area contributed by atoms with Gasteiger partial charge in [0.25, 0.3) is 0 Å². The molecule has 0 spiro atoms. The van der Waals surface area contributed by atoms with Crippen molar-refractivity contribution >= 4 is 11.0 Å². The van der Waals surface area contributed by atoms with Crippen molar-refractivity contribution in [2.75, 3.05) is 46.9 Å². The van der Waals surface area contributed by atoms with Crippen LogP contribution in [-0.2, 0) is 13.1 Å². The topological polar surface area (TPSA) is 42.8 Å². The number of piperazine rings is 1. The van der Waals surface area contributed by atoms with E-state index in [0.29, 0.717) is 6.61 Å². The van der Waals surface area contributed by atoms with Crippen LogP contribution >= 0.6 is 0 Å². The van der Waals surface area contributed by atoms with Gasteiger partial charge in [-0.2, -0.15) is 0 Å². The Morgan fingerprint density at radius 3 is 2.43 bits per heavy atom. The molecule has 0 atom stereocenters. The van der Waals surface area contributed by atoms with Crippen LogP contribution in [0.25, 0.3) is 11.0 Å². The summed E-state index contributed by atoms with van der Waals surface area (Å²) in [6.07, 6.45) is 2.03. The second kappa shape index (κ2) is 9.96. The summed E-state index contributed by atoms with van der Waals surface area (Å²) in [5.74, 6) is 2.77. The van der Waals surface area contributed by atoms with E-state index in [-0.39, 0.29) is 0 Å². The molecule has 2 aromatic carbocycles. The van der Waals surface area contributed by atoms with Crippen LogP contribution in [-0.4, -0.2) is 66.3 Å². The van der Waals surface area contributed by atoms with E-state index in [1.54, 1.807) is 7.11 Å². The Kier molecular flexibility index (Phi) is 6.87. The third-order valence-electron chi connectivity index (χ3n) is 5.80. The fourth-order valence-electron chi connectivity index (χ4n) is 3.99. The first-order valence-corrected chi connectivity index (χ1v) is 10.9. The van der Waals surface area contributed by atoms with Crippen LogP contribution in [0.1, 0.15) is 18.7 Å². The Morgan fingerprint density at radius 2 is 1.63 bits per heavy atom. The molecule has 0 saturated carbocycles. The van der Waals surface area contributed by atoms with E-state index in [2.05, 4.69) is 45.7 Å². The van der Waals surface area contributed by atoms with Crippen molar-refractivity contribution in [3.63, 3.8) is 0 Å². The molecule has 0 N–H and O–H groups in total. The molecule has 2 heterocycles. The van der Waals surface area contributed by atoms with Gasteiger partial charge in [-0.3, -0.25) is 4.90 Å². The minimum absolute atomic E-state index is 0.681. The first-order chi connectivity index (χ1) is 14.7. The number of hydrogen-bond acceptors (Lipinski definition) is 5. The zero-order valence-corrected chi connectivity index (χ0v) is 18.1. The number of benzene rings is 2. The third-order valence-corrected chi connectivity index (χ3v) is 5.80. The van der Waals surface area contributed by atoms with Gasteiger partial charge < -0.3 is 18.9 Å². The maximum Gasteiger partial charge on any atom is 0.161 e. The summed E-state index contributed by atoms with van der Waals surface area (Å²) in [5, 5.41) is 0. The van der Waals surface area contributed by atoms with Gasteiger partial charge in [-0.15, -0.1) is 0 Å². The molecule has 0 unspecified atom stereocenters. The van der Waals surface area contributed by atoms with Crippen LogP contribution in [0, 0.1) is 0 Å². The molecule has 0 radical (unpaired) electrons. The molecule has 0 bridgehead atoms. The van der Waals surface area contributed by atoms with Gasteiger partial charge in [0.1, 0.15) is 5.82 Å². The maximum atomic E-state index is 5.93. The quantitative estimate of drug-likeness (QED) is 0.506. The molecule has 0 aliphatic carbocycles. The summed E-state index contributed by atoms with van der Waals surface area (Å²) in [5.41, 5.74) is 2.32. The largest absolute Gasteiger partial charge is 0.493 e. The first-order valence-electron chi connectivity index (χ1n) is 10.9. The van der Waals surface area contributed by atoms with Gasteiger partial charge in [0.15, 0.2) is 11.5 Å². The lowest BCUT2D eigenvalue weighted by Gasteiger charge is -2.32. The van der Waals surface area contributed by atoms with Crippen LogP contribution in [0.2, 0.25) is 0 Å². The molecular weight excluding hydrogens is 376 g/mol. The lowest BCUT2D eigenvalue weighted by atomic mass is 10.2. The van der Waals surface area contributed by atoms with Crippen LogP contribution < -0.4 is 9.47 Å². The van der Waals surface area contributed by atoms with E-state index < -0.39 is 0 Å². The maximum absolute atomic E-state index is 5.93. The average molecular weight is 409 g/mol. The summed E-state index contributed by atoms with van der Waals surface area (Å²) in [7, 11) is 3.87. The predicted octanol–water partition coefficient (Wildman–Crippen LogP) is 3.65. The highest BCUT2D eigenvalue weighted by Crippen LogP contribution is 2.26. The molecular formula is C24H32N4O2. The van der Waals surface area contributed by atoms with Gasteiger partial charge in [0.2, 0.25) is 0 Å². The van der Waals surface area contributed by atoms with Gasteiger partial charge in [0.05, 0.1) is 31.3 Å². The summed E-state index contributed by atoms with van der Waals surface area (Å²) >= 11 is 0. The van der Waals surface area contributed by atoms with Gasteiger partial charge in [0, 0.05) is 32.7 Å². The van der Waals surface area contributed by atoms with E-state index in [0.717, 1.165) is 69.1 Å². The van der Waals surface area contributed by atoms with Crippen molar-refractivity contribution in [1.29, 1.82) is 0 Å². The number of aryl methyl sites for hydroxylation is 1. The summed E-state index contributed by atoms with van der Waals surface area (Å²) < 4.78 is 13.7. The SMILES string of the molecule is COc1ccccc1OCCCCn1c(CN2CCN(C)CC2)nc2ccccc21. The number of fused-ring (bicyclic) bond motifs is 1. The van der Waals surface area contributed by atoms with Crippen molar-refractivity contribution < 1.29 is 9.47 Å². The number of hydrogen-bond donors (Lipinski definition) is 0. The zero-order valence-electron chi connectivity index (χ0n) is 18.1. The van der Waals surface area contributed by atoms with Gasteiger partial charge in [-0.25, -0.2) is 4.98 Å². The monoisotopic (exact) mass is 408 g/mol. The molecule has 1 aliphatic rings. The highest BCUT2D eigenvalue weighted by atomic mass is 16.5. The van der Waals surface area contributed by atoms with Crippen molar-refractivity contribution in [1.82, 2.24) is 19.4 Å². The molecule has 1 fully saturated rings. The normalized spacial score (nSPS) is 15.5. The Morgan fingerprint density at radius 1 is 0.900 bits per heavy atom. The first kappa shape index (κ1) is 20.7. The summed E-state index contributed by atoms with van der Waals surface area (Å²) in [4.78, 5) is 9.86. The summed E-state index contributed by atoms with van der Waals surface area (Å²) in [6, 6.07) is 16.3. The lowest BCUT2D eigenvalue weighted by Crippen LogP contribution is -2.44. The predicted molar refractivity (Wildman–Crippen MR) is 120 cm³/mol. The summed E-state index contributed by atoms with van der Waals surface area (Å²) in [6.45, 7) is 7.01. The smallest absolute Gasteiger partial charge is 0.161 e. The second-order valence-corrected chi connectivity index (χ2v) is 7.95. The van der Waals surface area contributed by atoms with Gasteiger partial charge in [-0.05, 0) is 44.2 Å². The van der Waals surface area contributed by atoms with Crippen LogP contribution in [0.4, 0.5) is 0 Å². The number of imidazole rings is 1. The molecule has 6 nitrogen and oxygen atoms in total. The molecule has 0 amide bonds. The van der Waals surface area contributed by atoms with E-state index in [4.69, 9.17) is 14.5 Å². The number of aromatic nitrogens is 2. The van der Waals surface area contributed by atoms with E-state index in [9.17, 15) is 0 Å². The van der Waals surface area contributed by atoms with E-state index >= 15 is 0 Å². The van der Waals surface area contributed by atoms with Crippen molar-refractivity contribution in [3.05, 3.63) is 54.4 Å². The zero-order chi connectivity index (χ0) is 20.8. The molecule has 3 aromatic rings. The molecule has 4 rings (SSSR count). The minimum atomic E-state index is 0.681. The molecule has 6 heteroatoms. The molecule has 30 heavy (non-hydrogen) atoms. The Balaban J connectivity index is 1.36. The Labute approximate surface area is 179 Å². The standard InChI is InChI=1S/C24H32N4O2/c1-26-14-16-27(17-15-26)19-24-25-20-9-3-4-10-21(20)28(24)13-7-8-18-30-23-12-6-5-11-22(23)29-2/h3-6,9-12H,7-8,13-19H2,1-2H3. The van der Waals surface area contributed by atoms with Gasteiger partial charge in [-0.1, -0.05) is 24.3 Å². The number of nitrogens with zero attached hydrogens (tertiary/aromatic N) is 4. The van der Waals surface area contributed by atoms with E-state index in [1.807, 2.05) is 24.3 Å². The van der Waals surface area contributed by atoms with Crippen LogP contribution in [0.15, 0.2) is 48.5 Å². The fourth-order valence-corrected chi connectivity index (χ4v) is 3.99. The molecule has 1 saturated heterocycles. The third kappa shape index (κ3) is 4.94. The molecule has 1 aliphatic heterocycles. The number of ether oxygens (including phenoxy) is 2. The lowest BCUT2D eigenvalue weighted by molar-refractivity contribution is 0.144. The molecule has 160 valence electrons. The highest BCUT2D eigenvalue weighted by Gasteiger charge is 2.18. The Bertz CT molecular complexity index is 947. The molecule has 1 aromatic heterocycles. The van der Waals surface area contributed by atoms with Crippen molar-refractivity contribution in [3.8, 4) is 11.5 Å². The number of rotatable bonds is 9. The van der Waals surface area contributed by atoms with Gasteiger partial charge >= 0.3 is 0 Å². The fraction of sp³-hybridized carbons (Fsp3) is 0.458. The van der Waals surface area contributed by atoms with Crippen molar-refractivity contribution in [2.24, 2.45) is 0 Å². The van der Waals surface area contributed by atoms with Crippen molar-refractivity contribution in [2.45, 2.75) is 25.9 Å².